The van der Waals surface area contributed by atoms with Crippen LogP contribution in [-0.2, 0) is 4.79 Å². The third-order valence-electron chi connectivity index (χ3n) is 4.21. The SMILES string of the molecule is COc1cc(OC)cc(OCCCNC(=O)[C@H]2CCN[C@@H](C)C2)c1.Cl. The molecule has 0 aliphatic carbocycles. The molecule has 0 radical (unpaired) electrons. The lowest BCUT2D eigenvalue weighted by Gasteiger charge is -2.27. The fraction of sp³-hybridized carbons (Fsp3) is 0.611. The van der Waals surface area contributed by atoms with E-state index in [1.54, 1.807) is 20.3 Å². The van der Waals surface area contributed by atoms with E-state index in [4.69, 9.17) is 14.2 Å². The first kappa shape index (κ1) is 21.4. The van der Waals surface area contributed by atoms with Gasteiger partial charge in [0.2, 0.25) is 5.91 Å². The molecule has 2 atom stereocenters. The summed E-state index contributed by atoms with van der Waals surface area (Å²) in [6.45, 7) is 4.19. The number of hydrogen-bond acceptors (Lipinski definition) is 5. The van der Waals surface area contributed by atoms with Crippen molar-refractivity contribution in [3.63, 3.8) is 0 Å². The molecule has 0 aromatic heterocycles. The molecule has 1 aliphatic heterocycles. The van der Waals surface area contributed by atoms with E-state index >= 15 is 0 Å². The van der Waals surface area contributed by atoms with Crippen LogP contribution in [0.4, 0.5) is 0 Å². The molecule has 1 fully saturated rings. The largest absolute Gasteiger partial charge is 0.496 e. The molecule has 1 aromatic carbocycles. The minimum Gasteiger partial charge on any atom is -0.496 e. The smallest absolute Gasteiger partial charge is 0.223 e. The van der Waals surface area contributed by atoms with Gasteiger partial charge in [-0.1, -0.05) is 0 Å². The van der Waals surface area contributed by atoms with Crippen LogP contribution in [0.25, 0.3) is 0 Å². The molecule has 1 aromatic rings. The van der Waals surface area contributed by atoms with Gasteiger partial charge < -0.3 is 24.8 Å². The molecule has 142 valence electrons. The van der Waals surface area contributed by atoms with Crippen LogP contribution in [0.1, 0.15) is 26.2 Å². The van der Waals surface area contributed by atoms with Crippen LogP contribution in [0.5, 0.6) is 17.2 Å². The number of piperidine rings is 1. The number of methoxy groups -OCH3 is 2. The van der Waals surface area contributed by atoms with Crippen molar-refractivity contribution in [3.05, 3.63) is 18.2 Å². The second kappa shape index (κ2) is 11.1. The Hall–Kier alpha value is -1.66. The topological polar surface area (TPSA) is 68.8 Å². The molecule has 0 spiro atoms. The summed E-state index contributed by atoms with van der Waals surface area (Å²) in [6.07, 6.45) is 2.58. The second-order valence-corrected chi connectivity index (χ2v) is 6.12. The van der Waals surface area contributed by atoms with Gasteiger partial charge in [0, 0.05) is 36.7 Å². The molecule has 0 bridgehead atoms. The van der Waals surface area contributed by atoms with Gasteiger partial charge in [0.25, 0.3) is 0 Å². The van der Waals surface area contributed by atoms with E-state index in [9.17, 15) is 4.79 Å². The minimum atomic E-state index is 0. The molecule has 1 heterocycles. The average Bonchev–Trinajstić information content (AvgIpc) is 2.60. The van der Waals surface area contributed by atoms with E-state index in [-0.39, 0.29) is 24.2 Å². The van der Waals surface area contributed by atoms with Gasteiger partial charge in [0.1, 0.15) is 17.2 Å². The van der Waals surface area contributed by atoms with E-state index < -0.39 is 0 Å². The van der Waals surface area contributed by atoms with Gasteiger partial charge in [-0.05, 0) is 32.7 Å². The Morgan fingerprint density at radius 1 is 1.20 bits per heavy atom. The number of carbonyl (C=O) groups is 1. The van der Waals surface area contributed by atoms with E-state index in [2.05, 4.69) is 17.6 Å². The third kappa shape index (κ3) is 7.00. The summed E-state index contributed by atoms with van der Waals surface area (Å²) in [7, 11) is 3.21. The number of benzene rings is 1. The van der Waals surface area contributed by atoms with Crippen molar-refractivity contribution in [2.24, 2.45) is 5.92 Å². The number of hydrogen-bond donors (Lipinski definition) is 2. The highest BCUT2D eigenvalue weighted by molar-refractivity contribution is 5.85. The molecule has 25 heavy (non-hydrogen) atoms. The van der Waals surface area contributed by atoms with E-state index in [0.717, 1.165) is 25.8 Å². The van der Waals surface area contributed by atoms with Crippen LogP contribution in [0, 0.1) is 5.92 Å². The van der Waals surface area contributed by atoms with Crippen molar-refractivity contribution in [2.75, 3.05) is 33.9 Å². The zero-order chi connectivity index (χ0) is 17.4. The Kier molecular flexibility index (Phi) is 9.45. The van der Waals surface area contributed by atoms with Gasteiger partial charge in [0.15, 0.2) is 0 Å². The fourth-order valence-electron chi connectivity index (χ4n) is 2.85. The number of amides is 1. The van der Waals surface area contributed by atoms with E-state index in [1.807, 2.05) is 12.1 Å². The summed E-state index contributed by atoms with van der Waals surface area (Å²) in [5.41, 5.74) is 0. The highest BCUT2D eigenvalue weighted by atomic mass is 35.5. The molecule has 2 rings (SSSR count). The fourth-order valence-corrected chi connectivity index (χ4v) is 2.85. The first-order chi connectivity index (χ1) is 11.6. The molecule has 1 saturated heterocycles. The number of nitrogens with one attached hydrogen (secondary N) is 2. The summed E-state index contributed by atoms with van der Waals surface area (Å²) in [6, 6.07) is 5.85. The summed E-state index contributed by atoms with van der Waals surface area (Å²) >= 11 is 0. The standard InChI is InChI=1S/C18H28N2O4.ClH/c1-13-9-14(5-7-19-13)18(21)20-6-4-8-24-17-11-15(22-2)10-16(12-17)23-3;/h10-14,19H,4-9H2,1-3H3,(H,20,21);1H/t13-,14-;/m0./s1. The summed E-state index contributed by atoms with van der Waals surface area (Å²) in [5.74, 6) is 2.37. The molecule has 2 N–H and O–H groups in total. The van der Waals surface area contributed by atoms with Crippen molar-refractivity contribution >= 4 is 18.3 Å². The number of rotatable bonds is 8. The van der Waals surface area contributed by atoms with Crippen molar-refractivity contribution in [2.45, 2.75) is 32.2 Å². The van der Waals surface area contributed by atoms with E-state index in [1.165, 1.54) is 0 Å². The molecular formula is C18H29ClN2O4. The molecule has 1 aliphatic rings. The third-order valence-corrected chi connectivity index (χ3v) is 4.21. The van der Waals surface area contributed by atoms with Crippen molar-refractivity contribution in [1.82, 2.24) is 10.6 Å². The quantitative estimate of drug-likeness (QED) is 0.686. The Morgan fingerprint density at radius 3 is 2.44 bits per heavy atom. The normalized spacial score (nSPS) is 19.5. The second-order valence-electron chi connectivity index (χ2n) is 6.12. The van der Waals surface area contributed by atoms with Gasteiger partial charge in [-0.25, -0.2) is 0 Å². The van der Waals surface area contributed by atoms with Crippen molar-refractivity contribution in [1.29, 1.82) is 0 Å². The molecule has 0 unspecified atom stereocenters. The molecule has 6 nitrogen and oxygen atoms in total. The van der Waals surface area contributed by atoms with Gasteiger partial charge in [-0.2, -0.15) is 0 Å². The van der Waals surface area contributed by atoms with Crippen LogP contribution in [0.3, 0.4) is 0 Å². The van der Waals surface area contributed by atoms with Crippen LogP contribution in [0.2, 0.25) is 0 Å². The number of ether oxygens (including phenoxy) is 3. The maximum atomic E-state index is 12.1. The van der Waals surface area contributed by atoms with Crippen molar-refractivity contribution in [3.8, 4) is 17.2 Å². The predicted molar refractivity (Wildman–Crippen MR) is 100 cm³/mol. The van der Waals surface area contributed by atoms with Crippen LogP contribution in [0.15, 0.2) is 18.2 Å². The van der Waals surface area contributed by atoms with Gasteiger partial charge in [0.05, 0.1) is 20.8 Å². The first-order valence-corrected chi connectivity index (χ1v) is 8.49. The van der Waals surface area contributed by atoms with Crippen LogP contribution in [-0.4, -0.2) is 45.9 Å². The first-order valence-electron chi connectivity index (χ1n) is 8.49. The number of carbonyl (C=O) groups excluding carboxylic acids is 1. The maximum Gasteiger partial charge on any atom is 0.223 e. The Labute approximate surface area is 156 Å². The highest BCUT2D eigenvalue weighted by Crippen LogP contribution is 2.27. The lowest BCUT2D eigenvalue weighted by Crippen LogP contribution is -2.42. The molecular weight excluding hydrogens is 344 g/mol. The predicted octanol–water partition coefficient (Wildman–Crippen LogP) is 2.40. The number of halogens is 1. The molecule has 0 saturated carbocycles. The van der Waals surface area contributed by atoms with Gasteiger partial charge in [-0.15, -0.1) is 12.4 Å². The maximum absolute atomic E-state index is 12.1. The van der Waals surface area contributed by atoms with Gasteiger partial charge in [-0.3, -0.25) is 4.79 Å². The highest BCUT2D eigenvalue weighted by Gasteiger charge is 2.24. The molecule has 1 amide bonds. The Morgan fingerprint density at radius 2 is 1.84 bits per heavy atom. The van der Waals surface area contributed by atoms with E-state index in [0.29, 0.717) is 36.4 Å². The van der Waals surface area contributed by atoms with Gasteiger partial charge >= 0.3 is 0 Å². The average molecular weight is 373 g/mol. The zero-order valence-corrected chi connectivity index (χ0v) is 16.0. The summed E-state index contributed by atoms with van der Waals surface area (Å²) in [5, 5.41) is 6.37. The zero-order valence-electron chi connectivity index (χ0n) is 15.2. The molecule has 7 heteroatoms. The lowest BCUT2D eigenvalue weighted by molar-refractivity contribution is -0.126. The lowest BCUT2D eigenvalue weighted by atomic mass is 9.92. The van der Waals surface area contributed by atoms with Crippen LogP contribution < -0.4 is 24.8 Å². The monoisotopic (exact) mass is 372 g/mol. The Balaban J connectivity index is 0.00000312. The Bertz CT molecular complexity index is 520. The summed E-state index contributed by atoms with van der Waals surface area (Å²) < 4.78 is 16.1. The van der Waals surface area contributed by atoms with Crippen molar-refractivity contribution < 1.29 is 19.0 Å². The van der Waals surface area contributed by atoms with Crippen LogP contribution >= 0.6 is 12.4 Å². The summed E-state index contributed by atoms with van der Waals surface area (Å²) in [4.78, 5) is 12.1. The minimum absolute atomic E-state index is 0.